The van der Waals surface area contributed by atoms with E-state index in [0.717, 1.165) is 12.1 Å². The molecule has 2 rings (SSSR count). The highest BCUT2D eigenvalue weighted by atomic mass is 28.4. The summed E-state index contributed by atoms with van der Waals surface area (Å²) in [6.07, 6.45) is -4.45. The van der Waals surface area contributed by atoms with Gasteiger partial charge in [0.1, 0.15) is 11.3 Å². The molecule has 0 radical (unpaired) electrons. The van der Waals surface area contributed by atoms with Crippen LogP contribution in [0.25, 0.3) is 11.3 Å². The molecule has 7 heteroatoms. The van der Waals surface area contributed by atoms with E-state index in [1.807, 2.05) is 25.7 Å². The molecule has 0 atom stereocenters. The average molecular weight is 394 g/mol. The van der Waals surface area contributed by atoms with Crippen LogP contribution < -0.4 is 0 Å². The number of benzene rings is 2. The summed E-state index contributed by atoms with van der Waals surface area (Å²) in [4.78, 5) is 12.5. The average Bonchev–Trinajstić information content (AvgIpc) is 2.60. The predicted molar refractivity (Wildman–Crippen MR) is 101 cm³/mol. The summed E-state index contributed by atoms with van der Waals surface area (Å²) in [5.74, 6) is -0.367. The highest BCUT2D eigenvalue weighted by Gasteiger charge is 2.31. The molecule has 0 unspecified atom stereocenters. The van der Waals surface area contributed by atoms with Gasteiger partial charge < -0.3 is 9.16 Å². The fourth-order valence-electron chi connectivity index (χ4n) is 2.42. The maximum Gasteiger partial charge on any atom is 0.416 e. The van der Waals surface area contributed by atoms with Gasteiger partial charge in [0.15, 0.2) is 0 Å². The lowest BCUT2D eigenvalue weighted by molar-refractivity contribution is -0.137. The maximum atomic E-state index is 12.9. The topological polar surface area (TPSA) is 35.5 Å². The Bertz CT molecular complexity index is 820. The lowest BCUT2D eigenvalue weighted by Crippen LogP contribution is -2.25. The Morgan fingerprint density at radius 1 is 0.889 bits per heavy atom. The van der Waals surface area contributed by atoms with Gasteiger partial charge in [-0.15, -0.1) is 0 Å². The molecule has 0 spiro atoms. The number of methoxy groups -OCH3 is 1. The first-order chi connectivity index (χ1) is 12.5. The van der Waals surface area contributed by atoms with Gasteiger partial charge in [0.2, 0.25) is 8.32 Å². The standard InChI is InChI=1S/C20H21F3O3Si/c1-25-19(24)17(14-10-12-16(13-11-14)20(21,22)23)18(26-27(2,3)4)15-8-6-5-7-9-15/h5-13H,1-4H3/b18-17-. The summed E-state index contributed by atoms with van der Waals surface area (Å²) < 4.78 is 49.7. The van der Waals surface area contributed by atoms with E-state index in [-0.39, 0.29) is 5.57 Å². The van der Waals surface area contributed by atoms with Gasteiger partial charge in [-0.1, -0.05) is 42.5 Å². The zero-order chi connectivity index (χ0) is 20.2. The van der Waals surface area contributed by atoms with Crippen LogP contribution in [-0.4, -0.2) is 21.4 Å². The number of halogens is 3. The van der Waals surface area contributed by atoms with Crippen LogP contribution in [0.3, 0.4) is 0 Å². The highest BCUT2D eigenvalue weighted by molar-refractivity contribution is 6.70. The molecule has 0 bridgehead atoms. The number of carbonyl (C=O) groups excluding carboxylic acids is 1. The number of alkyl halides is 3. The van der Waals surface area contributed by atoms with E-state index in [1.54, 1.807) is 24.3 Å². The van der Waals surface area contributed by atoms with Gasteiger partial charge in [-0.05, 0) is 37.3 Å². The maximum absolute atomic E-state index is 12.9. The third kappa shape index (κ3) is 5.46. The summed E-state index contributed by atoms with van der Waals surface area (Å²) >= 11 is 0. The van der Waals surface area contributed by atoms with Crippen LogP contribution in [0, 0.1) is 0 Å². The van der Waals surface area contributed by atoms with E-state index in [4.69, 9.17) is 9.16 Å². The highest BCUT2D eigenvalue weighted by Crippen LogP contribution is 2.34. The van der Waals surface area contributed by atoms with E-state index in [1.165, 1.54) is 19.2 Å². The number of hydrogen-bond acceptors (Lipinski definition) is 3. The predicted octanol–water partition coefficient (Wildman–Crippen LogP) is 5.60. The third-order valence-electron chi connectivity index (χ3n) is 3.56. The van der Waals surface area contributed by atoms with Crippen molar-refractivity contribution in [1.82, 2.24) is 0 Å². The molecular formula is C20H21F3O3Si. The van der Waals surface area contributed by atoms with Crippen molar-refractivity contribution in [2.45, 2.75) is 25.8 Å². The van der Waals surface area contributed by atoms with Crippen LogP contribution in [0.15, 0.2) is 54.6 Å². The largest absolute Gasteiger partial charge is 0.543 e. The van der Waals surface area contributed by atoms with Gasteiger partial charge in [-0.3, -0.25) is 0 Å². The quantitative estimate of drug-likeness (QED) is 0.218. The van der Waals surface area contributed by atoms with Crippen molar-refractivity contribution in [2.75, 3.05) is 7.11 Å². The van der Waals surface area contributed by atoms with Crippen molar-refractivity contribution in [1.29, 1.82) is 0 Å². The Kier molecular flexibility index (Phi) is 6.15. The van der Waals surface area contributed by atoms with Crippen LogP contribution in [0.2, 0.25) is 19.6 Å². The zero-order valence-corrected chi connectivity index (χ0v) is 16.6. The summed E-state index contributed by atoms with van der Waals surface area (Å²) in [6.45, 7) is 5.87. The number of rotatable bonds is 5. The van der Waals surface area contributed by atoms with Crippen molar-refractivity contribution in [3.63, 3.8) is 0 Å². The second kappa shape index (κ2) is 8.00. The van der Waals surface area contributed by atoms with Crippen molar-refractivity contribution in [3.05, 3.63) is 71.3 Å². The minimum absolute atomic E-state index is 0.0971. The molecular weight excluding hydrogens is 373 g/mol. The SMILES string of the molecule is COC(=O)/C(=C(\O[Si](C)(C)C)c1ccccc1)c1ccc(C(F)(F)F)cc1. The molecule has 0 amide bonds. The van der Waals surface area contributed by atoms with Crippen LogP contribution in [-0.2, 0) is 20.1 Å². The molecule has 2 aromatic rings. The molecule has 27 heavy (non-hydrogen) atoms. The van der Waals surface area contributed by atoms with Crippen molar-refractivity contribution in [3.8, 4) is 0 Å². The summed E-state index contributed by atoms with van der Waals surface area (Å²) in [6, 6.07) is 13.4. The van der Waals surface area contributed by atoms with Gasteiger partial charge in [0.05, 0.1) is 12.7 Å². The molecule has 0 N–H and O–H groups in total. The molecule has 0 saturated heterocycles. The normalized spacial score (nSPS) is 13.0. The molecule has 3 nitrogen and oxygen atoms in total. The van der Waals surface area contributed by atoms with Crippen molar-refractivity contribution in [2.24, 2.45) is 0 Å². The van der Waals surface area contributed by atoms with Crippen molar-refractivity contribution < 1.29 is 27.1 Å². The van der Waals surface area contributed by atoms with Crippen LogP contribution >= 0.6 is 0 Å². The summed E-state index contributed by atoms with van der Waals surface area (Å²) in [5, 5.41) is 0. The van der Waals surface area contributed by atoms with Gasteiger partial charge in [0.25, 0.3) is 0 Å². The second-order valence-electron chi connectivity index (χ2n) is 6.85. The molecule has 2 aromatic carbocycles. The van der Waals surface area contributed by atoms with E-state index < -0.39 is 26.0 Å². The lowest BCUT2D eigenvalue weighted by atomic mass is 9.99. The third-order valence-corrected chi connectivity index (χ3v) is 4.38. The van der Waals surface area contributed by atoms with E-state index in [9.17, 15) is 18.0 Å². The smallest absolute Gasteiger partial charge is 0.416 e. The number of hydrogen-bond donors (Lipinski definition) is 0. The zero-order valence-electron chi connectivity index (χ0n) is 15.6. The van der Waals surface area contributed by atoms with Crippen LogP contribution in [0.1, 0.15) is 16.7 Å². The summed E-state index contributed by atoms with van der Waals surface area (Å²) in [7, 11) is -0.918. The first-order valence-corrected chi connectivity index (χ1v) is 11.7. The number of esters is 1. The Balaban J connectivity index is 2.70. The lowest BCUT2D eigenvalue weighted by Gasteiger charge is -2.24. The number of ether oxygens (including phenoxy) is 1. The van der Waals surface area contributed by atoms with E-state index in [0.29, 0.717) is 16.9 Å². The molecule has 0 heterocycles. The monoisotopic (exact) mass is 394 g/mol. The van der Waals surface area contributed by atoms with E-state index in [2.05, 4.69) is 0 Å². The van der Waals surface area contributed by atoms with Gasteiger partial charge in [-0.2, -0.15) is 13.2 Å². The fraction of sp³-hybridized carbons (Fsp3) is 0.250. The molecule has 0 fully saturated rings. The Hall–Kier alpha value is -2.54. The van der Waals surface area contributed by atoms with E-state index >= 15 is 0 Å². The van der Waals surface area contributed by atoms with Gasteiger partial charge in [-0.25, -0.2) is 4.79 Å². The molecule has 0 aliphatic heterocycles. The Labute approximate surface area is 157 Å². The van der Waals surface area contributed by atoms with Crippen LogP contribution in [0.4, 0.5) is 13.2 Å². The number of carbonyl (C=O) groups is 1. The van der Waals surface area contributed by atoms with Gasteiger partial charge >= 0.3 is 12.1 Å². The molecule has 0 aliphatic carbocycles. The fourth-order valence-corrected chi connectivity index (χ4v) is 3.25. The minimum Gasteiger partial charge on any atom is -0.543 e. The Morgan fingerprint density at radius 3 is 1.89 bits per heavy atom. The van der Waals surface area contributed by atoms with Gasteiger partial charge in [0, 0.05) is 5.56 Å². The first kappa shape index (κ1) is 20.8. The van der Waals surface area contributed by atoms with Crippen molar-refractivity contribution >= 4 is 25.6 Å². The molecule has 0 aromatic heterocycles. The Morgan fingerprint density at radius 2 is 1.44 bits per heavy atom. The molecule has 144 valence electrons. The van der Waals surface area contributed by atoms with Crippen LogP contribution in [0.5, 0.6) is 0 Å². The molecule has 0 saturated carbocycles. The summed E-state index contributed by atoms with van der Waals surface area (Å²) in [5.41, 5.74) is 0.259. The first-order valence-electron chi connectivity index (χ1n) is 8.27. The second-order valence-corrected chi connectivity index (χ2v) is 11.3. The molecule has 0 aliphatic rings. The minimum atomic E-state index is -4.45.